The summed E-state index contributed by atoms with van der Waals surface area (Å²) < 4.78 is 5.90. The number of carbonyl (C=O) groups is 2. The average Bonchev–Trinajstić information content (AvgIpc) is 3.23. The van der Waals surface area contributed by atoms with Gasteiger partial charge in [0.2, 0.25) is 5.91 Å². The van der Waals surface area contributed by atoms with E-state index in [0.717, 1.165) is 83.5 Å². The molecule has 59 heavy (non-hydrogen) atoms. The highest BCUT2D eigenvalue weighted by molar-refractivity contribution is 5.77. The fraction of sp³-hybridized carbons (Fsp3) is 0.774. The molecule has 3 atom stereocenters. The van der Waals surface area contributed by atoms with E-state index in [1.54, 1.807) is 0 Å². The van der Waals surface area contributed by atoms with E-state index in [-0.39, 0.29) is 24.9 Å². The zero-order valence-electron chi connectivity index (χ0n) is 38.9. The summed E-state index contributed by atoms with van der Waals surface area (Å²) in [5, 5.41) is 23.7. The number of aliphatic hydroxyl groups excluding tert-OH is 2. The van der Waals surface area contributed by atoms with E-state index in [4.69, 9.17) is 4.74 Å². The summed E-state index contributed by atoms with van der Waals surface area (Å²) in [5.74, 6) is -0.528. The molecule has 0 fully saturated rings. The number of rotatable bonds is 44. The molecule has 0 aliphatic rings. The Kier molecular flexibility index (Phi) is 44.7. The van der Waals surface area contributed by atoms with Gasteiger partial charge in [-0.1, -0.05) is 223 Å². The lowest BCUT2D eigenvalue weighted by Gasteiger charge is -2.24. The van der Waals surface area contributed by atoms with Crippen molar-refractivity contribution in [2.75, 3.05) is 6.61 Å². The Labute approximate surface area is 365 Å². The van der Waals surface area contributed by atoms with Crippen molar-refractivity contribution < 1.29 is 24.5 Å². The number of hydrogen-bond donors (Lipinski definition) is 3. The van der Waals surface area contributed by atoms with Gasteiger partial charge >= 0.3 is 5.97 Å². The van der Waals surface area contributed by atoms with Crippen LogP contribution in [0, 0.1) is 0 Å². The average molecular weight is 826 g/mol. The molecule has 342 valence electrons. The van der Waals surface area contributed by atoms with Gasteiger partial charge in [0.25, 0.3) is 0 Å². The Balaban J connectivity index is 4.71. The van der Waals surface area contributed by atoms with E-state index in [2.05, 4.69) is 86.8 Å². The second kappa shape index (κ2) is 46.6. The highest BCUT2D eigenvalue weighted by Gasteiger charge is 2.24. The van der Waals surface area contributed by atoms with Gasteiger partial charge in [0.1, 0.15) is 6.10 Å². The van der Waals surface area contributed by atoms with E-state index >= 15 is 0 Å². The molecule has 0 aliphatic heterocycles. The molecule has 0 heterocycles. The van der Waals surface area contributed by atoms with Gasteiger partial charge in [-0.05, 0) is 64.2 Å². The maximum absolute atomic E-state index is 13.2. The minimum atomic E-state index is -0.801. The number of ether oxygens (including phenoxy) is 1. The number of amides is 1. The SMILES string of the molecule is CC/C=C\C/C=C\C/C=C\C/C=C\C/C=C\CCCC(CC(=O)NC(CO)C(O)CCCCCCCCCCCCC)OC(=O)CCCCCCCCCCCCCC. The van der Waals surface area contributed by atoms with Crippen LogP contribution in [0.1, 0.15) is 239 Å². The summed E-state index contributed by atoms with van der Waals surface area (Å²) in [6.07, 6.45) is 57.1. The minimum Gasteiger partial charge on any atom is -0.462 e. The maximum atomic E-state index is 13.2. The first-order chi connectivity index (χ1) is 29.0. The van der Waals surface area contributed by atoms with E-state index in [1.165, 1.54) is 109 Å². The van der Waals surface area contributed by atoms with Gasteiger partial charge in [0.05, 0.1) is 25.2 Å². The third kappa shape index (κ3) is 42.1. The number of unbranched alkanes of at least 4 members (excludes halogenated alkanes) is 22. The Morgan fingerprint density at radius 1 is 0.508 bits per heavy atom. The van der Waals surface area contributed by atoms with Crippen LogP contribution in [0.2, 0.25) is 0 Å². The summed E-state index contributed by atoms with van der Waals surface area (Å²) in [4.78, 5) is 26.1. The number of hydrogen-bond acceptors (Lipinski definition) is 5. The zero-order valence-corrected chi connectivity index (χ0v) is 38.9. The molecule has 0 aromatic heterocycles. The molecule has 0 aromatic carbocycles. The van der Waals surface area contributed by atoms with Crippen molar-refractivity contribution in [3.8, 4) is 0 Å². The van der Waals surface area contributed by atoms with E-state index < -0.39 is 18.2 Å². The van der Waals surface area contributed by atoms with Crippen LogP contribution in [0.5, 0.6) is 0 Å². The fourth-order valence-electron chi connectivity index (χ4n) is 7.34. The Bertz CT molecular complexity index is 1060. The van der Waals surface area contributed by atoms with Crippen LogP contribution in [0.3, 0.4) is 0 Å². The van der Waals surface area contributed by atoms with Crippen molar-refractivity contribution in [3.63, 3.8) is 0 Å². The highest BCUT2D eigenvalue weighted by Crippen LogP contribution is 2.17. The van der Waals surface area contributed by atoms with Crippen LogP contribution >= 0.6 is 0 Å². The first kappa shape index (κ1) is 56.6. The summed E-state index contributed by atoms with van der Waals surface area (Å²) in [5.41, 5.74) is 0. The number of allylic oxidation sites excluding steroid dienone is 10. The smallest absolute Gasteiger partial charge is 0.306 e. The maximum Gasteiger partial charge on any atom is 0.306 e. The summed E-state index contributed by atoms with van der Waals surface area (Å²) in [6, 6.07) is -0.718. The van der Waals surface area contributed by atoms with Gasteiger partial charge in [0.15, 0.2) is 0 Å². The van der Waals surface area contributed by atoms with Crippen molar-refractivity contribution in [2.24, 2.45) is 0 Å². The molecule has 0 rings (SSSR count). The lowest BCUT2D eigenvalue weighted by molar-refractivity contribution is -0.151. The second-order valence-corrected chi connectivity index (χ2v) is 16.8. The van der Waals surface area contributed by atoms with Crippen molar-refractivity contribution in [1.82, 2.24) is 5.32 Å². The van der Waals surface area contributed by atoms with Gasteiger partial charge in [-0.2, -0.15) is 0 Å². The number of nitrogens with one attached hydrogen (secondary N) is 1. The third-order valence-electron chi connectivity index (χ3n) is 11.1. The Hall–Kier alpha value is -2.44. The van der Waals surface area contributed by atoms with Gasteiger partial charge in [0, 0.05) is 6.42 Å². The molecule has 0 aliphatic carbocycles. The van der Waals surface area contributed by atoms with Gasteiger partial charge < -0.3 is 20.3 Å². The lowest BCUT2D eigenvalue weighted by Crippen LogP contribution is -2.46. The van der Waals surface area contributed by atoms with E-state index in [9.17, 15) is 19.8 Å². The van der Waals surface area contributed by atoms with Crippen LogP contribution in [-0.4, -0.2) is 46.9 Å². The monoisotopic (exact) mass is 826 g/mol. The van der Waals surface area contributed by atoms with Gasteiger partial charge in [-0.15, -0.1) is 0 Å². The lowest BCUT2D eigenvalue weighted by atomic mass is 10.0. The standard InChI is InChI=1S/C53H95NO5/c1-4-7-10-13-16-19-22-24-25-26-27-28-30-32-35-38-41-44-49(59-53(58)46-43-40-37-34-31-23-20-17-14-11-8-5-2)47-52(57)54-50(48-55)51(56)45-42-39-36-33-29-21-18-15-12-9-6-3/h7,10,16,19,24-25,27-28,32,35,49-51,55-56H,4-6,8-9,11-15,17-18,20-23,26,29-31,33-34,36-48H2,1-3H3,(H,54,57)/b10-7-,19-16-,25-24-,28-27-,35-32-. The van der Waals surface area contributed by atoms with Gasteiger partial charge in [-0.25, -0.2) is 0 Å². The molecule has 6 nitrogen and oxygen atoms in total. The Morgan fingerprint density at radius 3 is 1.36 bits per heavy atom. The topological polar surface area (TPSA) is 95.9 Å². The second-order valence-electron chi connectivity index (χ2n) is 16.8. The molecule has 0 spiro atoms. The van der Waals surface area contributed by atoms with Crippen LogP contribution in [-0.2, 0) is 14.3 Å². The predicted molar refractivity (Wildman–Crippen MR) is 255 cm³/mol. The van der Waals surface area contributed by atoms with Crippen molar-refractivity contribution in [3.05, 3.63) is 60.8 Å². The fourth-order valence-corrected chi connectivity index (χ4v) is 7.34. The van der Waals surface area contributed by atoms with Crippen LogP contribution in [0.15, 0.2) is 60.8 Å². The predicted octanol–water partition coefficient (Wildman–Crippen LogP) is 14.8. The highest BCUT2D eigenvalue weighted by atomic mass is 16.5. The summed E-state index contributed by atoms with van der Waals surface area (Å²) in [6.45, 7) is 6.34. The van der Waals surface area contributed by atoms with E-state index in [1.807, 2.05) is 0 Å². The molecule has 0 bridgehead atoms. The molecule has 6 heteroatoms. The quantitative estimate of drug-likeness (QED) is 0.0323. The van der Waals surface area contributed by atoms with Gasteiger partial charge in [-0.3, -0.25) is 9.59 Å². The zero-order chi connectivity index (χ0) is 43.1. The summed E-state index contributed by atoms with van der Waals surface area (Å²) >= 11 is 0. The molecule has 0 saturated carbocycles. The molecule has 0 saturated heterocycles. The molecule has 0 aromatic rings. The molecule has 1 amide bonds. The van der Waals surface area contributed by atoms with Crippen molar-refractivity contribution >= 4 is 11.9 Å². The normalized spacial score (nSPS) is 13.8. The number of carbonyl (C=O) groups excluding carboxylic acids is 2. The van der Waals surface area contributed by atoms with Crippen LogP contribution in [0.25, 0.3) is 0 Å². The van der Waals surface area contributed by atoms with Crippen molar-refractivity contribution in [1.29, 1.82) is 0 Å². The molecular weight excluding hydrogens is 731 g/mol. The minimum absolute atomic E-state index is 0.0392. The number of esters is 1. The largest absolute Gasteiger partial charge is 0.462 e. The first-order valence-corrected chi connectivity index (χ1v) is 25.0. The Morgan fingerprint density at radius 2 is 0.915 bits per heavy atom. The number of aliphatic hydroxyl groups is 2. The van der Waals surface area contributed by atoms with Crippen molar-refractivity contribution in [2.45, 2.75) is 257 Å². The summed E-state index contributed by atoms with van der Waals surface area (Å²) in [7, 11) is 0. The van der Waals surface area contributed by atoms with Crippen LogP contribution < -0.4 is 5.32 Å². The first-order valence-electron chi connectivity index (χ1n) is 25.0. The molecular formula is C53H95NO5. The third-order valence-corrected chi connectivity index (χ3v) is 11.1. The molecule has 3 unspecified atom stereocenters. The molecule has 3 N–H and O–H groups in total. The van der Waals surface area contributed by atoms with E-state index in [0.29, 0.717) is 19.3 Å². The molecule has 0 radical (unpaired) electrons. The van der Waals surface area contributed by atoms with Crippen LogP contribution in [0.4, 0.5) is 0 Å².